The highest BCUT2D eigenvalue weighted by atomic mass is 16.5. The van der Waals surface area contributed by atoms with Crippen LogP contribution in [0.1, 0.15) is 25.8 Å². The van der Waals surface area contributed by atoms with Crippen molar-refractivity contribution < 1.29 is 14.3 Å². The number of alkyl carbamates (subject to hydrolysis) is 1. The average molecular weight is 290 g/mol. The zero-order chi connectivity index (χ0) is 15.1. The number of nitrogens with zero attached hydrogens (tertiary/aromatic N) is 1. The lowest BCUT2D eigenvalue weighted by molar-refractivity contribution is 0.139. The molecule has 0 aliphatic carbocycles. The molecule has 5 heteroatoms. The Balaban J connectivity index is 1.60. The largest absolute Gasteiger partial charge is 0.475 e. The quantitative estimate of drug-likeness (QED) is 0.876. The summed E-state index contributed by atoms with van der Waals surface area (Å²) in [7, 11) is 0. The van der Waals surface area contributed by atoms with Crippen molar-refractivity contribution >= 4 is 12.0 Å². The van der Waals surface area contributed by atoms with E-state index in [4.69, 9.17) is 9.47 Å². The lowest BCUT2D eigenvalue weighted by Gasteiger charge is -2.14. The Kier molecular flexibility index (Phi) is 5.60. The Labute approximate surface area is 125 Å². The number of benzene rings is 1. The zero-order valence-electron chi connectivity index (χ0n) is 12.5. The van der Waals surface area contributed by atoms with Gasteiger partial charge in [-0.3, -0.25) is 4.99 Å². The van der Waals surface area contributed by atoms with E-state index < -0.39 is 6.09 Å². The fourth-order valence-corrected chi connectivity index (χ4v) is 1.97. The predicted molar refractivity (Wildman–Crippen MR) is 81.3 cm³/mol. The number of carbonyl (C=O) groups is 1. The summed E-state index contributed by atoms with van der Waals surface area (Å²) in [6.07, 6.45) is 0.354. The van der Waals surface area contributed by atoms with E-state index in [1.54, 1.807) is 0 Å². The monoisotopic (exact) mass is 290 g/mol. The lowest BCUT2D eigenvalue weighted by atomic mass is 10.1. The highest BCUT2D eigenvalue weighted by molar-refractivity contribution is 5.78. The van der Waals surface area contributed by atoms with Crippen LogP contribution in [0.3, 0.4) is 0 Å². The third-order valence-electron chi connectivity index (χ3n) is 3.30. The van der Waals surface area contributed by atoms with Gasteiger partial charge in [-0.25, -0.2) is 4.79 Å². The second-order valence-electron chi connectivity index (χ2n) is 5.37. The van der Waals surface area contributed by atoms with E-state index >= 15 is 0 Å². The molecule has 1 unspecified atom stereocenters. The fourth-order valence-electron chi connectivity index (χ4n) is 1.97. The number of rotatable bonds is 6. The molecule has 1 heterocycles. The van der Waals surface area contributed by atoms with Crippen molar-refractivity contribution in [2.75, 3.05) is 13.1 Å². The van der Waals surface area contributed by atoms with Gasteiger partial charge in [0.2, 0.25) is 0 Å². The highest BCUT2D eigenvalue weighted by Crippen LogP contribution is 2.14. The molecule has 1 N–H and O–H groups in total. The standard InChI is InChI=1S/C16H22N2O3/c1-12(2)14-10-18-15(21-14)8-9-17-16(19)20-11-13-6-4-3-5-7-13/h3-7,12,14H,8-11H2,1-2H3,(H,17,19). The molecule has 1 aromatic carbocycles. The van der Waals surface area contributed by atoms with Crippen molar-refractivity contribution in [2.24, 2.45) is 10.9 Å². The van der Waals surface area contributed by atoms with E-state index in [0.717, 1.165) is 11.5 Å². The van der Waals surface area contributed by atoms with Crippen LogP contribution in [0.4, 0.5) is 4.79 Å². The van der Waals surface area contributed by atoms with Crippen molar-refractivity contribution in [2.45, 2.75) is 33.0 Å². The second-order valence-corrected chi connectivity index (χ2v) is 5.37. The van der Waals surface area contributed by atoms with Crippen molar-refractivity contribution in [1.29, 1.82) is 0 Å². The second kappa shape index (κ2) is 7.67. The van der Waals surface area contributed by atoms with Gasteiger partial charge >= 0.3 is 6.09 Å². The van der Waals surface area contributed by atoms with Crippen LogP contribution in [-0.2, 0) is 16.1 Å². The molecule has 1 atom stereocenters. The van der Waals surface area contributed by atoms with Gasteiger partial charge in [0.25, 0.3) is 0 Å². The number of amides is 1. The Morgan fingerprint density at radius 3 is 2.86 bits per heavy atom. The molecule has 0 aromatic heterocycles. The van der Waals surface area contributed by atoms with Gasteiger partial charge in [-0.2, -0.15) is 0 Å². The molecular formula is C16H22N2O3. The molecule has 0 spiro atoms. The van der Waals surface area contributed by atoms with Crippen LogP contribution < -0.4 is 5.32 Å². The van der Waals surface area contributed by atoms with E-state index in [2.05, 4.69) is 24.2 Å². The molecule has 1 aromatic rings. The Hall–Kier alpha value is -2.04. The third-order valence-corrected chi connectivity index (χ3v) is 3.30. The fraction of sp³-hybridized carbons (Fsp3) is 0.500. The van der Waals surface area contributed by atoms with Gasteiger partial charge in [0.1, 0.15) is 12.7 Å². The summed E-state index contributed by atoms with van der Waals surface area (Å²) >= 11 is 0. The average Bonchev–Trinajstić information content (AvgIpc) is 2.95. The minimum absolute atomic E-state index is 0.171. The molecule has 114 valence electrons. The van der Waals surface area contributed by atoms with Gasteiger partial charge < -0.3 is 14.8 Å². The summed E-state index contributed by atoms with van der Waals surface area (Å²) in [5.74, 6) is 1.17. The molecule has 1 amide bonds. The number of carbonyl (C=O) groups excluding carboxylic acids is 1. The molecule has 0 saturated carbocycles. The summed E-state index contributed by atoms with van der Waals surface area (Å²) in [6.45, 7) is 5.69. The topological polar surface area (TPSA) is 59.9 Å². The lowest BCUT2D eigenvalue weighted by Crippen LogP contribution is -2.27. The van der Waals surface area contributed by atoms with E-state index in [0.29, 0.717) is 25.4 Å². The smallest absolute Gasteiger partial charge is 0.407 e. The van der Waals surface area contributed by atoms with Gasteiger partial charge in [-0.05, 0) is 11.5 Å². The molecule has 1 aliphatic heterocycles. The molecule has 1 aliphatic rings. The number of nitrogens with one attached hydrogen (secondary N) is 1. The maximum atomic E-state index is 11.5. The molecule has 0 bridgehead atoms. The summed E-state index contributed by atoms with van der Waals surface area (Å²) in [5, 5.41) is 2.70. The van der Waals surface area contributed by atoms with Crippen LogP contribution in [0.2, 0.25) is 0 Å². The maximum Gasteiger partial charge on any atom is 0.407 e. The first-order chi connectivity index (χ1) is 10.1. The van der Waals surface area contributed by atoms with Gasteiger partial charge in [-0.1, -0.05) is 44.2 Å². The Morgan fingerprint density at radius 2 is 2.19 bits per heavy atom. The van der Waals surface area contributed by atoms with Crippen molar-refractivity contribution in [1.82, 2.24) is 5.32 Å². The summed E-state index contributed by atoms with van der Waals surface area (Å²) in [6, 6.07) is 9.59. The van der Waals surface area contributed by atoms with Crippen LogP contribution in [-0.4, -0.2) is 31.2 Å². The van der Waals surface area contributed by atoms with E-state index in [1.165, 1.54) is 0 Å². The number of hydrogen-bond donors (Lipinski definition) is 1. The number of ether oxygens (including phenoxy) is 2. The van der Waals surface area contributed by atoms with E-state index in [9.17, 15) is 4.79 Å². The van der Waals surface area contributed by atoms with Crippen LogP contribution >= 0.6 is 0 Å². The van der Waals surface area contributed by atoms with Gasteiger partial charge in [0, 0.05) is 13.0 Å². The van der Waals surface area contributed by atoms with Crippen molar-refractivity contribution in [3.05, 3.63) is 35.9 Å². The van der Waals surface area contributed by atoms with E-state index in [1.807, 2.05) is 30.3 Å². The molecule has 0 saturated heterocycles. The Bertz CT molecular complexity index is 486. The molecule has 5 nitrogen and oxygen atoms in total. The summed E-state index contributed by atoms with van der Waals surface area (Å²) in [5.41, 5.74) is 0.968. The summed E-state index contributed by atoms with van der Waals surface area (Å²) in [4.78, 5) is 15.9. The number of hydrogen-bond acceptors (Lipinski definition) is 4. The first-order valence-electron chi connectivity index (χ1n) is 7.29. The molecule has 2 rings (SSSR count). The normalized spacial score (nSPS) is 17.3. The van der Waals surface area contributed by atoms with Crippen molar-refractivity contribution in [3.8, 4) is 0 Å². The predicted octanol–water partition coefficient (Wildman–Crippen LogP) is 2.76. The maximum absolute atomic E-state index is 11.5. The molecule has 0 radical (unpaired) electrons. The minimum Gasteiger partial charge on any atom is -0.475 e. The van der Waals surface area contributed by atoms with Gasteiger partial charge in [-0.15, -0.1) is 0 Å². The minimum atomic E-state index is -0.419. The van der Waals surface area contributed by atoms with Crippen LogP contribution in [0.15, 0.2) is 35.3 Å². The van der Waals surface area contributed by atoms with Gasteiger partial charge in [0.05, 0.1) is 6.54 Å². The zero-order valence-corrected chi connectivity index (χ0v) is 12.5. The third kappa shape index (κ3) is 5.10. The molecular weight excluding hydrogens is 268 g/mol. The van der Waals surface area contributed by atoms with Gasteiger partial charge in [0.15, 0.2) is 5.90 Å². The summed E-state index contributed by atoms with van der Waals surface area (Å²) < 4.78 is 10.8. The number of aliphatic imine (C=N–C) groups is 1. The first kappa shape index (κ1) is 15.4. The van der Waals surface area contributed by atoms with Crippen LogP contribution in [0.25, 0.3) is 0 Å². The highest BCUT2D eigenvalue weighted by Gasteiger charge is 2.22. The Morgan fingerprint density at radius 1 is 1.43 bits per heavy atom. The van der Waals surface area contributed by atoms with Crippen LogP contribution in [0.5, 0.6) is 0 Å². The SMILES string of the molecule is CC(C)C1CN=C(CCNC(=O)OCc2ccccc2)O1. The first-order valence-corrected chi connectivity index (χ1v) is 7.29. The molecule has 21 heavy (non-hydrogen) atoms. The van der Waals surface area contributed by atoms with Crippen LogP contribution in [0, 0.1) is 5.92 Å². The van der Waals surface area contributed by atoms with Crippen molar-refractivity contribution in [3.63, 3.8) is 0 Å². The van der Waals surface area contributed by atoms with E-state index in [-0.39, 0.29) is 12.7 Å². The molecule has 0 fully saturated rings.